The Kier molecular flexibility index (Phi) is 44.2. The second kappa shape index (κ2) is 53.0. The molecular weight excluding hydrogens is 1660 g/mol. The van der Waals surface area contributed by atoms with Crippen molar-refractivity contribution >= 4 is 112 Å². The number of imidazole rings is 1. The average molecular weight is 1790 g/mol. The second-order valence-corrected chi connectivity index (χ2v) is 32.8. The van der Waals surface area contributed by atoms with Crippen molar-refractivity contribution in [1.82, 2.24) is 95.0 Å². The molecule has 46 heteroatoms. The van der Waals surface area contributed by atoms with Crippen molar-refractivity contribution in [2.45, 2.75) is 262 Å². The molecule has 0 aliphatic heterocycles. The normalized spacial score (nSPS) is 15.2. The number of nitrogens with two attached hydrogens (primary N) is 6. The van der Waals surface area contributed by atoms with Crippen molar-refractivity contribution in [2.75, 3.05) is 19.6 Å². The van der Waals surface area contributed by atoms with E-state index in [0.717, 1.165) is 6.92 Å². The molecule has 0 bridgehead atoms. The van der Waals surface area contributed by atoms with Gasteiger partial charge in [-0.15, -0.1) is 0 Å². The summed E-state index contributed by atoms with van der Waals surface area (Å²) in [4.78, 5) is 232. The van der Waals surface area contributed by atoms with E-state index >= 15 is 0 Å². The van der Waals surface area contributed by atoms with E-state index in [2.05, 4.69) is 95.0 Å². The first-order valence-corrected chi connectivity index (χ1v) is 42.0. The number of primary amides is 3. The molecule has 1 heterocycles. The first-order chi connectivity index (χ1) is 59.7. The maximum atomic E-state index is 15.0. The number of carbonyl (C=O) groups excluding carboxylic acids is 16. The van der Waals surface area contributed by atoms with Crippen LogP contribution >= 0.6 is 0 Å². The molecule has 35 N–H and O–H groups in total. The van der Waals surface area contributed by atoms with Crippen LogP contribution in [0.1, 0.15) is 175 Å². The van der Waals surface area contributed by atoms with Gasteiger partial charge in [0.05, 0.1) is 18.9 Å². The van der Waals surface area contributed by atoms with Crippen LogP contribution in [-0.2, 0) is 96.0 Å². The first-order valence-electron chi connectivity index (χ1n) is 42.0. The van der Waals surface area contributed by atoms with E-state index in [-0.39, 0.29) is 133 Å². The van der Waals surface area contributed by atoms with Crippen LogP contribution < -0.4 is 119 Å². The highest BCUT2D eigenvalue weighted by Crippen LogP contribution is 2.31. The van der Waals surface area contributed by atoms with Crippen molar-refractivity contribution in [2.24, 2.45) is 52.2 Å². The van der Waals surface area contributed by atoms with Crippen molar-refractivity contribution in [1.29, 1.82) is 16.2 Å². The molecule has 1 saturated carbocycles. The quantitative estimate of drug-likeness (QED) is 0.0142. The van der Waals surface area contributed by atoms with Crippen LogP contribution in [0.2, 0.25) is 0 Å². The molecule has 13 atom stereocenters. The fourth-order valence-corrected chi connectivity index (χ4v) is 13.8. The molecule has 1 aliphatic rings. The number of rotatable bonds is 56. The number of benzene rings is 2. The van der Waals surface area contributed by atoms with E-state index < -0.39 is 222 Å². The van der Waals surface area contributed by atoms with E-state index in [1.807, 2.05) is 13.8 Å². The van der Waals surface area contributed by atoms with Crippen molar-refractivity contribution < 1.29 is 92.0 Å². The summed E-state index contributed by atoms with van der Waals surface area (Å²) < 4.78 is 0. The maximum Gasteiger partial charge on any atom is 0.246 e. The van der Waals surface area contributed by atoms with Gasteiger partial charge in [-0.25, -0.2) is 4.98 Å². The Morgan fingerprint density at radius 1 is 0.417 bits per heavy atom. The molecule has 0 saturated heterocycles. The molecule has 0 radical (unpaired) electrons. The van der Waals surface area contributed by atoms with Gasteiger partial charge in [0.15, 0.2) is 17.9 Å². The van der Waals surface area contributed by atoms with Crippen LogP contribution in [-0.4, -0.2) is 241 Å². The van der Waals surface area contributed by atoms with E-state index in [4.69, 9.17) is 50.6 Å². The minimum absolute atomic E-state index is 0.0192. The van der Waals surface area contributed by atoms with E-state index in [9.17, 15) is 92.0 Å². The van der Waals surface area contributed by atoms with E-state index in [1.54, 1.807) is 27.7 Å². The average Bonchev–Trinajstić information content (AvgIpc) is 1.69. The Morgan fingerprint density at radius 3 is 1.13 bits per heavy atom. The number of aromatic nitrogens is 2. The number of hydrogen-bond acceptors (Lipinski definition) is 23. The van der Waals surface area contributed by atoms with Crippen molar-refractivity contribution in [3.8, 4) is 11.5 Å². The highest BCUT2D eigenvalue weighted by atomic mass is 16.3. The Hall–Kier alpha value is -13.5. The molecule has 3 aromatic rings. The monoisotopic (exact) mass is 1780 g/mol. The fourth-order valence-electron chi connectivity index (χ4n) is 13.8. The number of phenols is 2. The number of nitrogens with one attached hydrogen (secondary N) is 20. The summed E-state index contributed by atoms with van der Waals surface area (Å²) in [5.41, 5.74) is 32.7. The summed E-state index contributed by atoms with van der Waals surface area (Å²) in [5, 5.41) is 95.6. The number of guanidine groups is 3. The zero-order chi connectivity index (χ0) is 94.9. The molecule has 1 aromatic heterocycles. The minimum Gasteiger partial charge on any atom is -0.508 e. The SMILES string of the molecule is CC(=O)N[C@@H](CC(C)C)C(=O)N[C@@H](CCCNC(=N)N)C(=O)N[C@@H](Cc1cnc[nH]1)C(=O)N[C@@H](Cc1ccc(O)cc1)C(=O)N[C@@H](CC(C)C)C(=O)N[C@@H](CC(N)=O)C(=O)N[C@@H](CC(C)C)C(=O)NC1(C(=O)N[C@H](C(=O)N[C@@H](CCCNC(=N)N)C(=O)N[C@@H](CCC(N)=O)C(=O)N[C@@H](CCCNC(=N)N)C(=O)N[C@@H](Cc2ccc(O)cc2)C(N)=O)[C@@H](C)O)CCCC1. The zero-order valence-corrected chi connectivity index (χ0v) is 72.9. The number of H-pyrrole nitrogens is 1. The molecule has 127 heavy (non-hydrogen) atoms. The standard InChI is InChI=1S/C81H129N27O19/c1-41(2)32-56(96-45(8)110)70(120)98-52(15-12-30-93-79(87)88)68(118)105-60(37-48-39-91-40-95-48)73(123)104-59(36-47-19-23-50(112)24-20-47)72(122)102-57(33-42(3)4)71(121)106-61(38-63(83)114)74(124)103-58(34-43(5)6)75(125)108-81(27-9-10-28-81)77(127)107-64(44(7)109)76(126)100-53(16-13-31-94-80(89)90)66(116)99-54(25-26-62(82)113)69(119)97-51(14-11-29-92-78(85)86)67(117)101-55(65(84)115)35-46-17-21-49(111)22-18-46/h17-24,39-44,51-61,64,109,111-112H,9-16,25-38H2,1-8H3,(H2,82,113)(H2,83,114)(H2,84,115)(H,91,95)(H,96,110)(H,97,119)(H,98,120)(H,99,116)(H,100,126)(H,101,117)(H,102,122)(H,103,124)(H,104,123)(H,105,118)(H,106,121)(H,107,127)(H,108,125)(H4,85,86,92)(H4,87,88,93)(H4,89,90,94)/t44-,51+,52+,53+,54+,55+,56+,57+,58+,59+,60+,61+,64+/m1/s1. The number of nitrogens with zero attached hydrogens (tertiary/aromatic N) is 1. The summed E-state index contributed by atoms with van der Waals surface area (Å²) in [7, 11) is 0. The molecule has 1 aliphatic carbocycles. The third-order valence-corrected chi connectivity index (χ3v) is 20.2. The lowest BCUT2D eigenvalue weighted by Gasteiger charge is -2.34. The lowest BCUT2D eigenvalue weighted by atomic mass is 9.93. The number of aliphatic hydroxyl groups excluding tert-OH is 1. The highest BCUT2D eigenvalue weighted by Gasteiger charge is 2.47. The summed E-state index contributed by atoms with van der Waals surface area (Å²) >= 11 is 0. The van der Waals surface area contributed by atoms with Crippen LogP contribution in [0, 0.1) is 34.0 Å². The molecule has 46 nitrogen and oxygen atoms in total. The van der Waals surface area contributed by atoms with Crippen molar-refractivity contribution in [3.05, 3.63) is 77.9 Å². The zero-order valence-electron chi connectivity index (χ0n) is 72.9. The lowest BCUT2D eigenvalue weighted by Crippen LogP contribution is -2.66. The largest absolute Gasteiger partial charge is 0.508 e. The number of hydrogen-bond donors (Lipinski definition) is 29. The summed E-state index contributed by atoms with van der Waals surface area (Å²) in [6, 6.07) is -7.55. The Morgan fingerprint density at radius 2 is 0.756 bits per heavy atom. The van der Waals surface area contributed by atoms with Gasteiger partial charge in [0.2, 0.25) is 94.5 Å². The number of carbonyl (C=O) groups is 16. The van der Waals surface area contributed by atoms with Crippen molar-refractivity contribution in [3.63, 3.8) is 0 Å². The van der Waals surface area contributed by atoms with Gasteiger partial charge in [-0.2, -0.15) is 0 Å². The summed E-state index contributed by atoms with van der Waals surface area (Å²) in [6.07, 6.45) is -1.78. The Balaban J connectivity index is 1.64. The Bertz CT molecular complexity index is 4260. The van der Waals surface area contributed by atoms with Gasteiger partial charge in [0, 0.05) is 64.1 Å². The van der Waals surface area contributed by atoms with Gasteiger partial charge < -0.3 is 140 Å². The highest BCUT2D eigenvalue weighted by molar-refractivity contribution is 6.02. The van der Waals surface area contributed by atoms with Crippen LogP contribution in [0.25, 0.3) is 0 Å². The fraction of sp³-hybridized carbons (Fsp3) is 0.580. The third kappa shape index (κ3) is 39.1. The number of aromatic hydroxyl groups is 2. The minimum atomic E-state index is -1.92. The maximum absolute atomic E-state index is 15.0. The number of aromatic amines is 1. The van der Waals surface area contributed by atoms with Gasteiger partial charge in [-0.05, 0) is 137 Å². The molecule has 0 spiro atoms. The molecule has 0 unspecified atom stereocenters. The number of aliphatic hydroxyl groups is 1. The molecule has 4 rings (SSSR count). The lowest BCUT2D eigenvalue weighted by molar-refractivity contribution is -0.140. The molecule has 1 fully saturated rings. The van der Waals surface area contributed by atoms with Gasteiger partial charge in [0.25, 0.3) is 0 Å². The number of amides is 16. The predicted molar refractivity (Wildman–Crippen MR) is 463 cm³/mol. The van der Waals surface area contributed by atoms with Crippen LogP contribution in [0.4, 0.5) is 0 Å². The van der Waals surface area contributed by atoms with E-state index in [0.29, 0.717) is 29.7 Å². The van der Waals surface area contributed by atoms with Crippen LogP contribution in [0.5, 0.6) is 11.5 Å². The summed E-state index contributed by atoms with van der Waals surface area (Å²) in [6.45, 7) is 12.8. The molecule has 702 valence electrons. The molecule has 16 amide bonds. The molecule has 2 aromatic carbocycles. The molecular formula is C81H129N27O19. The first kappa shape index (κ1) is 106. The third-order valence-electron chi connectivity index (χ3n) is 20.2. The summed E-state index contributed by atoms with van der Waals surface area (Å²) in [5.74, 6) is -17.9. The van der Waals surface area contributed by atoms with Gasteiger partial charge in [-0.3, -0.25) is 92.9 Å². The van der Waals surface area contributed by atoms with E-state index in [1.165, 1.54) is 68.0 Å². The number of phenolic OH excluding ortho intramolecular Hbond substituents is 2. The van der Waals surface area contributed by atoms with Gasteiger partial charge >= 0.3 is 0 Å². The second-order valence-electron chi connectivity index (χ2n) is 32.8. The smallest absolute Gasteiger partial charge is 0.246 e. The van der Waals surface area contributed by atoms with Gasteiger partial charge in [0.1, 0.15) is 89.5 Å². The van der Waals surface area contributed by atoms with Gasteiger partial charge in [-0.1, -0.05) is 78.6 Å². The van der Waals surface area contributed by atoms with Crippen LogP contribution in [0.3, 0.4) is 0 Å². The topological polar surface area (TPSA) is 783 Å². The Labute approximate surface area is 735 Å². The predicted octanol–water partition coefficient (Wildman–Crippen LogP) is -5.95. The van der Waals surface area contributed by atoms with Crippen LogP contribution in [0.15, 0.2) is 61.1 Å².